The Bertz CT molecular complexity index is 665. The average Bonchev–Trinajstić information content (AvgIpc) is 2.54. The van der Waals surface area contributed by atoms with Gasteiger partial charge in [-0.1, -0.05) is 43.7 Å². The number of benzene rings is 1. The zero-order valence-electron chi connectivity index (χ0n) is 12.7. The van der Waals surface area contributed by atoms with E-state index in [9.17, 15) is 9.59 Å². The average molecular weight is 299 g/mol. The van der Waals surface area contributed by atoms with Crippen LogP contribution in [0.2, 0.25) is 0 Å². The van der Waals surface area contributed by atoms with E-state index in [1.165, 1.54) is 0 Å². The highest BCUT2D eigenvalue weighted by atomic mass is 16.2. The molecule has 2 rings (SSSR count). The Kier molecular flexibility index (Phi) is 5.77. The molecule has 22 heavy (non-hydrogen) atoms. The van der Waals surface area contributed by atoms with Crippen LogP contribution in [-0.4, -0.2) is 11.0 Å². The van der Waals surface area contributed by atoms with Gasteiger partial charge in [0.05, 0.1) is 0 Å². The van der Waals surface area contributed by atoms with Crippen molar-refractivity contribution in [1.82, 2.24) is 10.3 Å². The van der Waals surface area contributed by atoms with Gasteiger partial charge < -0.3 is 15.6 Å². The molecule has 0 saturated heterocycles. The van der Waals surface area contributed by atoms with Gasteiger partial charge in [0.25, 0.3) is 5.56 Å². The Labute approximate surface area is 129 Å². The van der Waals surface area contributed by atoms with E-state index >= 15 is 0 Å². The molecule has 0 aliphatic carbocycles. The van der Waals surface area contributed by atoms with Gasteiger partial charge in [-0.05, 0) is 30.5 Å². The van der Waals surface area contributed by atoms with Gasteiger partial charge in [0.15, 0.2) is 0 Å². The van der Waals surface area contributed by atoms with Crippen LogP contribution >= 0.6 is 0 Å². The fourth-order valence-electron chi connectivity index (χ4n) is 2.07. The van der Waals surface area contributed by atoms with Gasteiger partial charge in [-0.15, -0.1) is 0 Å². The van der Waals surface area contributed by atoms with Crippen molar-refractivity contribution in [3.8, 4) is 0 Å². The van der Waals surface area contributed by atoms with Gasteiger partial charge in [-0.3, -0.25) is 4.79 Å². The van der Waals surface area contributed by atoms with E-state index < -0.39 is 6.03 Å². The number of pyridine rings is 1. The summed E-state index contributed by atoms with van der Waals surface area (Å²) in [4.78, 5) is 26.5. The van der Waals surface area contributed by atoms with Gasteiger partial charge in [0.1, 0.15) is 5.69 Å². The molecular formula is C17H21N3O2. The normalized spacial score (nSPS) is 10.2. The molecule has 1 heterocycles. The lowest BCUT2D eigenvalue weighted by molar-refractivity contribution is 0.251. The minimum atomic E-state index is -0.393. The van der Waals surface area contributed by atoms with Crippen LogP contribution in [0.3, 0.4) is 0 Å². The Balaban J connectivity index is 1.90. The number of hydrogen-bond donors (Lipinski definition) is 3. The molecule has 0 unspecified atom stereocenters. The highest BCUT2D eigenvalue weighted by Gasteiger charge is 2.06. The summed E-state index contributed by atoms with van der Waals surface area (Å²) in [6, 6.07) is 12.7. The van der Waals surface area contributed by atoms with E-state index in [0.717, 1.165) is 30.5 Å². The van der Waals surface area contributed by atoms with Crippen LogP contribution in [0.5, 0.6) is 0 Å². The van der Waals surface area contributed by atoms with Crippen LogP contribution < -0.4 is 16.2 Å². The minimum Gasteiger partial charge on any atom is -0.334 e. The lowest BCUT2D eigenvalue weighted by Gasteiger charge is -2.08. The third kappa shape index (κ3) is 4.77. The first kappa shape index (κ1) is 15.8. The third-order valence-corrected chi connectivity index (χ3v) is 3.31. The monoisotopic (exact) mass is 299 g/mol. The van der Waals surface area contributed by atoms with Crippen molar-refractivity contribution in [3.05, 3.63) is 64.1 Å². The first-order chi connectivity index (χ1) is 10.7. The second kappa shape index (κ2) is 8.02. The fraction of sp³-hybridized carbons (Fsp3) is 0.294. The number of urea groups is 1. The summed E-state index contributed by atoms with van der Waals surface area (Å²) >= 11 is 0. The molecule has 0 radical (unpaired) electrons. The van der Waals surface area contributed by atoms with E-state index in [1.807, 2.05) is 36.4 Å². The van der Waals surface area contributed by atoms with Gasteiger partial charge in [0.2, 0.25) is 0 Å². The van der Waals surface area contributed by atoms with E-state index in [4.69, 9.17) is 0 Å². The molecule has 0 spiro atoms. The Morgan fingerprint density at radius 3 is 2.59 bits per heavy atom. The van der Waals surface area contributed by atoms with Crippen molar-refractivity contribution in [1.29, 1.82) is 0 Å². The molecule has 0 aliphatic rings. The SMILES string of the molecule is CCCCc1ccc(NC(=O)NCc2ccccc2)c(=O)[nH]1. The van der Waals surface area contributed by atoms with Crippen LogP contribution in [0, 0.1) is 0 Å². The molecule has 0 aliphatic heterocycles. The standard InChI is InChI=1S/C17H21N3O2/c1-2-3-9-14-10-11-15(16(21)19-14)20-17(22)18-12-13-7-5-4-6-8-13/h4-8,10-11H,2-3,9,12H2,1H3,(H,19,21)(H2,18,20,22). The quantitative estimate of drug-likeness (QED) is 0.767. The molecule has 2 amide bonds. The summed E-state index contributed by atoms with van der Waals surface area (Å²) in [5, 5.41) is 5.29. The molecule has 3 N–H and O–H groups in total. The number of nitrogens with one attached hydrogen (secondary N) is 3. The smallest absolute Gasteiger partial charge is 0.319 e. The van der Waals surface area contributed by atoms with Gasteiger partial charge in [0, 0.05) is 12.2 Å². The minimum absolute atomic E-state index is 0.255. The lowest BCUT2D eigenvalue weighted by atomic mass is 10.2. The van der Waals surface area contributed by atoms with E-state index in [1.54, 1.807) is 6.07 Å². The number of aromatic amines is 1. The molecule has 0 bridgehead atoms. The van der Waals surface area contributed by atoms with Crippen LogP contribution in [0.25, 0.3) is 0 Å². The maximum Gasteiger partial charge on any atom is 0.319 e. The fourth-order valence-corrected chi connectivity index (χ4v) is 2.07. The first-order valence-electron chi connectivity index (χ1n) is 7.50. The van der Waals surface area contributed by atoms with E-state index in [0.29, 0.717) is 6.54 Å². The number of amides is 2. The van der Waals surface area contributed by atoms with Gasteiger partial charge >= 0.3 is 6.03 Å². The van der Waals surface area contributed by atoms with Crippen molar-refractivity contribution >= 4 is 11.7 Å². The van der Waals surface area contributed by atoms with Crippen molar-refractivity contribution in [2.24, 2.45) is 0 Å². The largest absolute Gasteiger partial charge is 0.334 e. The summed E-state index contributed by atoms with van der Waals surface area (Å²) in [6.07, 6.45) is 2.94. The van der Waals surface area contributed by atoms with Crippen molar-refractivity contribution in [2.75, 3.05) is 5.32 Å². The zero-order chi connectivity index (χ0) is 15.8. The summed E-state index contributed by atoms with van der Waals surface area (Å²) in [5.74, 6) is 0. The molecule has 2 aromatic rings. The number of carbonyl (C=O) groups excluding carboxylic acids is 1. The van der Waals surface area contributed by atoms with Crippen LogP contribution in [0.15, 0.2) is 47.3 Å². The molecule has 1 aromatic heterocycles. The van der Waals surface area contributed by atoms with E-state index in [2.05, 4.69) is 22.5 Å². The number of aromatic nitrogens is 1. The molecule has 0 fully saturated rings. The molecule has 0 atom stereocenters. The van der Waals surface area contributed by atoms with Crippen molar-refractivity contribution in [2.45, 2.75) is 32.7 Å². The maximum atomic E-state index is 11.9. The molecule has 1 aromatic carbocycles. The number of H-pyrrole nitrogens is 1. The predicted octanol–water partition coefficient (Wildman–Crippen LogP) is 3.04. The molecule has 116 valence electrons. The van der Waals surface area contributed by atoms with E-state index in [-0.39, 0.29) is 11.2 Å². The van der Waals surface area contributed by atoms with Gasteiger partial charge in [-0.2, -0.15) is 0 Å². The van der Waals surface area contributed by atoms with Crippen LogP contribution in [0.1, 0.15) is 31.0 Å². The summed E-state index contributed by atoms with van der Waals surface area (Å²) in [7, 11) is 0. The number of carbonyl (C=O) groups is 1. The lowest BCUT2D eigenvalue weighted by Crippen LogP contribution is -2.30. The van der Waals surface area contributed by atoms with Gasteiger partial charge in [-0.25, -0.2) is 4.79 Å². The second-order valence-corrected chi connectivity index (χ2v) is 5.12. The molecule has 0 saturated carbocycles. The highest BCUT2D eigenvalue weighted by molar-refractivity contribution is 5.88. The zero-order valence-corrected chi connectivity index (χ0v) is 12.7. The predicted molar refractivity (Wildman–Crippen MR) is 88.0 cm³/mol. The van der Waals surface area contributed by atoms with Crippen molar-refractivity contribution in [3.63, 3.8) is 0 Å². The summed E-state index contributed by atoms with van der Waals surface area (Å²) in [6.45, 7) is 2.52. The number of aryl methyl sites for hydroxylation is 1. The number of rotatable bonds is 6. The Morgan fingerprint density at radius 1 is 1.14 bits per heavy atom. The molecule has 5 nitrogen and oxygen atoms in total. The van der Waals surface area contributed by atoms with Crippen LogP contribution in [0.4, 0.5) is 10.5 Å². The third-order valence-electron chi connectivity index (χ3n) is 3.31. The van der Waals surface area contributed by atoms with Crippen LogP contribution in [-0.2, 0) is 13.0 Å². The highest BCUT2D eigenvalue weighted by Crippen LogP contribution is 2.04. The Hall–Kier alpha value is -2.56. The number of anilines is 1. The topological polar surface area (TPSA) is 74.0 Å². The maximum absolute atomic E-state index is 11.9. The Morgan fingerprint density at radius 2 is 1.91 bits per heavy atom. The van der Waals surface area contributed by atoms with Crippen molar-refractivity contribution < 1.29 is 4.79 Å². The first-order valence-corrected chi connectivity index (χ1v) is 7.50. The summed E-state index contributed by atoms with van der Waals surface area (Å²) < 4.78 is 0. The second-order valence-electron chi connectivity index (χ2n) is 5.12. The number of hydrogen-bond acceptors (Lipinski definition) is 2. The molecule has 5 heteroatoms. The molecular weight excluding hydrogens is 278 g/mol. The summed E-state index contributed by atoms with van der Waals surface area (Å²) in [5.41, 5.74) is 1.87. The number of unbranched alkanes of at least 4 members (excludes halogenated alkanes) is 1.